The van der Waals surface area contributed by atoms with E-state index in [-0.39, 0.29) is 5.91 Å². The molecular weight excluding hydrogens is 402 g/mol. The number of hydrogen-bond donors (Lipinski definition) is 2. The zero-order chi connectivity index (χ0) is 21.7. The van der Waals surface area contributed by atoms with Crippen LogP contribution in [0.15, 0.2) is 60.9 Å². The Hall–Kier alpha value is -3.39. The van der Waals surface area contributed by atoms with Gasteiger partial charge in [-0.1, -0.05) is 12.1 Å². The molecule has 8 heteroatoms. The number of nitrogens with one attached hydrogen (secondary N) is 2. The van der Waals surface area contributed by atoms with Crippen molar-refractivity contribution in [3.8, 4) is 5.75 Å². The fraction of sp³-hybridized carbons (Fsp3) is 0.182. The van der Waals surface area contributed by atoms with Gasteiger partial charge in [0.15, 0.2) is 0 Å². The second-order valence-corrected chi connectivity index (χ2v) is 8.75. The van der Waals surface area contributed by atoms with Crippen LogP contribution in [0, 0.1) is 13.8 Å². The standard InChI is InChI=1S/C22H23N3O4S/c1-15-10-18(11-16(2)21(15)29-14-17-6-5-9-23-13-17)22(26)24-19-7-4-8-20(12-19)25-30(3,27)28/h4-13,25H,14H2,1-3H3,(H,24,26). The van der Waals surface area contributed by atoms with Gasteiger partial charge in [0.2, 0.25) is 10.0 Å². The van der Waals surface area contributed by atoms with Crippen molar-refractivity contribution in [2.24, 2.45) is 0 Å². The lowest BCUT2D eigenvalue weighted by Crippen LogP contribution is -2.14. The van der Waals surface area contributed by atoms with Crippen LogP contribution in [-0.4, -0.2) is 25.6 Å². The molecule has 7 nitrogen and oxygen atoms in total. The Balaban J connectivity index is 1.73. The average Bonchev–Trinajstić information content (AvgIpc) is 2.67. The summed E-state index contributed by atoms with van der Waals surface area (Å²) in [7, 11) is -3.40. The molecule has 0 saturated heterocycles. The van der Waals surface area contributed by atoms with Gasteiger partial charge in [-0.05, 0) is 61.4 Å². The third-order valence-electron chi connectivity index (χ3n) is 4.25. The van der Waals surface area contributed by atoms with Crippen LogP contribution < -0.4 is 14.8 Å². The molecule has 0 spiro atoms. The summed E-state index contributed by atoms with van der Waals surface area (Å²) >= 11 is 0. The minimum absolute atomic E-state index is 0.295. The fourth-order valence-corrected chi connectivity index (χ4v) is 3.58. The number of benzene rings is 2. The van der Waals surface area contributed by atoms with E-state index in [0.29, 0.717) is 23.5 Å². The average molecular weight is 426 g/mol. The topological polar surface area (TPSA) is 97.4 Å². The molecule has 2 aromatic carbocycles. The second-order valence-electron chi connectivity index (χ2n) is 7.00. The highest BCUT2D eigenvalue weighted by Gasteiger charge is 2.13. The maximum Gasteiger partial charge on any atom is 0.255 e. The SMILES string of the molecule is Cc1cc(C(=O)Nc2cccc(NS(C)(=O)=O)c2)cc(C)c1OCc1cccnc1. The molecule has 2 N–H and O–H groups in total. The smallest absolute Gasteiger partial charge is 0.255 e. The Bertz CT molecular complexity index is 1140. The summed E-state index contributed by atoms with van der Waals surface area (Å²) in [6.45, 7) is 4.17. The van der Waals surface area contributed by atoms with Gasteiger partial charge in [-0.25, -0.2) is 8.42 Å². The number of anilines is 2. The number of aromatic nitrogens is 1. The first-order chi connectivity index (χ1) is 14.2. The number of rotatable bonds is 7. The molecule has 3 aromatic rings. The molecule has 0 atom stereocenters. The van der Waals surface area contributed by atoms with Crippen molar-refractivity contribution < 1.29 is 17.9 Å². The molecule has 0 radical (unpaired) electrons. The Kier molecular flexibility index (Phi) is 6.37. The molecule has 30 heavy (non-hydrogen) atoms. The number of pyridine rings is 1. The summed E-state index contributed by atoms with van der Waals surface area (Å²) < 4.78 is 31.1. The Morgan fingerprint density at radius 2 is 1.73 bits per heavy atom. The van der Waals surface area contributed by atoms with Crippen molar-refractivity contribution in [2.45, 2.75) is 20.5 Å². The van der Waals surface area contributed by atoms with Crippen molar-refractivity contribution in [3.63, 3.8) is 0 Å². The van der Waals surface area contributed by atoms with Crippen LogP contribution in [0.1, 0.15) is 27.0 Å². The molecule has 1 heterocycles. The van der Waals surface area contributed by atoms with Gasteiger partial charge in [0.25, 0.3) is 5.91 Å². The summed E-state index contributed by atoms with van der Waals surface area (Å²) in [6, 6.07) is 13.8. The summed E-state index contributed by atoms with van der Waals surface area (Å²) in [5, 5.41) is 2.79. The third-order valence-corrected chi connectivity index (χ3v) is 4.86. The van der Waals surface area contributed by atoms with Crippen LogP contribution in [0.2, 0.25) is 0 Å². The zero-order valence-electron chi connectivity index (χ0n) is 17.0. The molecule has 0 aliphatic heterocycles. The monoisotopic (exact) mass is 425 g/mol. The van der Waals surface area contributed by atoms with Gasteiger partial charge in [-0.2, -0.15) is 0 Å². The van der Waals surface area contributed by atoms with Gasteiger partial charge in [-0.15, -0.1) is 0 Å². The largest absolute Gasteiger partial charge is 0.488 e. The van der Waals surface area contributed by atoms with Gasteiger partial charge in [0.05, 0.1) is 11.9 Å². The predicted molar refractivity (Wildman–Crippen MR) is 117 cm³/mol. The minimum atomic E-state index is -3.40. The number of aryl methyl sites for hydroxylation is 2. The lowest BCUT2D eigenvalue weighted by molar-refractivity contribution is 0.102. The van der Waals surface area contributed by atoms with Crippen molar-refractivity contribution in [2.75, 3.05) is 16.3 Å². The normalized spacial score (nSPS) is 11.0. The maximum absolute atomic E-state index is 12.7. The predicted octanol–water partition coefficient (Wildman–Crippen LogP) is 3.90. The van der Waals surface area contributed by atoms with Crippen LogP contribution >= 0.6 is 0 Å². The number of hydrogen-bond acceptors (Lipinski definition) is 5. The lowest BCUT2D eigenvalue weighted by atomic mass is 10.0. The summed E-state index contributed by atoms with van der Waals surface area (Å²) in [4.78, 5) is 16.8. The third kappa shape index (κ3) is 5.81. The Morgan fingerprint density at radius 3 is 2.37 bits per heavy atom. The van der Waals surface area contributed by atoms with Crippen LogP contribution in [0.25, 0.3) is 0 Å². The van der Waals surface area contributed by atoms with Gasteiger partial charge in [0, 0.05) is 29.2 Å². The lowest BCUT2D eigenvalue weighted by Gasteiger charge is -2.14. The molecule has 0 fully saturated rings. The first-order valence-electron chi connectivity index (χ1n) is 9.23. The number of ether oxygens (including phenoxy) is 1. The van der Waals surface area contributed by atoms with Crippen molar-refractivity contribution in [1.82, 2.24) is 4.98 Å². The molecule has 1 amide bonds. The maximum atomic E-state index is 12.7. The number of sulfonamides is 1. The van der Waals surface area contributed by atoms with Gasteiger partial charge >= 0.3 is 0 Å². The molecule has 0 aliphatic carbocycles. The molecule has 0 bridgehead atoms. The van der Waals surface area contributed by atoms with Crippen LogP contribution in [0.4, 0.5) is 11.4 Å². The van der Waals surface area contributed by atoms with Crippen molar-refractivity contribution >= 4 is 27.3 Å². The first-order valence-corrected chi connectivity index (χ1v) is 11.1. The molecule has 0 aliphatic rings. The minimum Gasteiger partial charge on any atom is -0.488 e. The molecule has 0 unspecified atom stereocenters. The van der Waals surface area contributed by atoms with E-state index in [0.717, 1.165) is 28.7 Å². The van der Waals surface area contributed by atoms with Crippen LogP contribution in [-0.2, 0) is 16.6 Å². The number of amides is 1. The van der Waals surface area contributed by atoms with Gasteiger partial charge in [0.1, 0.15) is 12.4 Å². The van der Waals surface area contributed by atoms with Crippen molar-refractivity contribution in [1.29, 1.82) is 0 Å². The summed E-state index contributed by atoms with van der Waals surface area (Å²) in [5.41, 5.74) is 4.00. The molecule has 3 rings (SSSR count). The Morgan fingerprint density at radius 1 is 1.03 bits per heavy atom. The van der Waals surface area contributed by atoms with E-state index in [2.05, 4.69) is 15.0 Å². The number of carbonyl (C=O) groups excluding carboxylic acids is 1. The molecule has 0 saturated carbocycles. The first kappa shape index (κ1) is 21.3. The number of nitrogens with zero attached hydrogens (tertiary/aromatic N) is 1. The highest BCUT2D eigenvalue weighted by atomic mass is 32.2. The highest BCUT2D eigenvalue weighted by molar-refractivity contribution is 7.92. The number of carbonyl (C=O) groups is 1. The second kappa shape index (κ2) is 8.96. The van der Waals surface area contributed by atoms with E-state index in [4.69, 9.17) is 4.74 Å². The molecule has 156 valence electrons. The van der Waals surface area contributed by atoms with E-state index in [1.54, 1.807) is 48.8 Å². The summed E-state index contributed by atoms with van der Waals surface area (Å²) in [5.74, 6) is 0.436. The molecule has 1 aromatic heterocycles. The summed E-state index contributed by atoms with van der Waals surface area (Å²) in [6.07, 6.45) is 4.53. The highest BCUT2D eigenvalue weighted by Crippen LogP contribution is 2.26. The van der Waals surface area contributed by atoms with E-state index >= 15 is 0 Å². The Labute approximate surface area is 176 Å². The van der Waals surface area contributed by atoms with Gasteiger partial charge < -0.3 is 10.1 Å². The zero-order valence-corrected chi connectivity index (χ0v) is 17.8. The van der Waals surface area contributed by atoms with E-state index < -0.39 is 10.0 Å². The quantitative estimate of drug-likeness (QED) is 0.598. The van der Waals surface area contributed by atoms with E-state index in [1.165, 1.54) is 0 Å². The van der Waals surface area contributed by atoms with Gasteiger partial charge in [-0.3, -0.25) is 14.5 Å². The fourth-order valence-electron chi connectivity index (χ4n) is 3.03. The molecular formula is C22H23N3O4S. The van der Waals surface area contributed by atoms with Crippen LogP contribution in [0.3, 0.4) is 0 Å². The van der Waals surface area contributed by atoms with E-state index in [9.17, 15) is 13.2 Å². The van der Waals surface area contributed by atoms with E-state index in [1.807, 2.05) is 26.0 Å². The van der Waals surface area contributed by atoms with Crippen LogP contribution in [0.5, 0.6) is 5.75 Å². The van der Waals surface area contributed by atoms with Crippen molar-refractivity contribution in [3.05, 3.63) is 83.2 Å².